The molecule has 0 heterocycles. The summed E-state index contributed by atoms with van der Waals surface area (Å²) in [6.45, 7) is 1.80. The number of carbonyl (C=O) groups excluding carboxylic acids is 1. The number of carbonyl (C=O) groups is 1. The van der Waals surface area contributed by atoms with Crippen LogP contribution < -0.4 is 10.6 Å². The first-order valence-corrected chi connectivity index (χ1v) is 6.94. The fourth-order valence-electron chi connectivity index (χ4n) is 1.67. The van der Waals surface area contributed by atoms with E-state index in [1.165, 1.54) is 0 Å². The molecular formula is C14H10F3IN2O. The lowest BCUT2D eigenvalue weighted by molar-refractivity contribution is 0.262. The Bertz CT molecular complexity index is 707. The Balaban J connectivity index is 2.14. The van der Waals surface area contributed by atoms with E-state index >= 15 is 0 Å². The third kappa shape index (κ3) is 3.66. The van der Waals surface area contributed by atoms with Gasteiger partial charge in [-0.1, -0.05) is 0 Å². The average Bonchev–Trinajstić information content (AvgIpc) is 2.43. The van der Waals surface area contributed by atoms with E-state index in [4.69, 9.17) is 0 Å². The zero-order chi connectivity index (χ0) is 15.6. The summed E-state index contributed by atoms with van der Waals surface area (Å²) >= 11 is 2.13. The van der Waals surface area contributed by atoms with Gasteiger partial charge in [0.05, 0.1) is 5.69 Å². The summed E-state index contributed by atoms with van der Waals surface area (Å²) in [6, 6.07) is 6.29. The van der Waals surface area contributed by atoms with Crippen LogP contribution in [0.15, 0.2) is 30.3 Å². The molecule has 0 saturated carbocycles. The summed E-state index contributed by atoms with van der Waals surface area (Å²) in [5.74, 6) is -4.38. The molecule has 21 heavy (non-hydrogen) atoms. The normalized spacial score (nSPS) is 10.3. The minimum absolute atomic E-state index is 0.436. The zero-order valence-corrected chi connectivity index (χ0v) is 13.0. The van der Waals surface area contributed by atoms with E-state index in [0.717, 1.165) is 21.3 Å². The molecule has 0 spiro atoms. The Hall–Kier alpha value is -1.77. The first-order chi connectivity index (χ1) is 9.88. The minimum Gasteiger partial charge on any atom is -0.307 e. The van der Waals surface area contributed by atoms with Crippen molar-refractivity contribution >= 4 is 40.0 Å². The molecule has 2 aromatic carbocycles. The minimum atomic E-state index is -1.63. The third-order valence-corrected chi connectivity index (χ3v) is 3.39. The lowest BCUT2D eigenvalue weighted by atomic mass is 10.2. The summed E-state index contributed by atoms with van der Waals surface area (Å²) in [5, 5.41) is 4.65. The van der Waals surface area contributed by atoms with Crippen LogP contribution in [-0.2, 0) is 0 Å². The molecule has 0 fully saturated rings. The molecule has 0 aliphatic carbocycles. The molecule has 0 aliphatic rings. The fourth-order valence-corrected chi connectivity index (χ4v) is 2.31. The van der Waals surface area contributed by atoms with Gasteiger partial charge in [0.15, 0.2) is 17.5 Å². The molecule has 2 aromatic rings. The lowest BCUT2D eigenvalue weighted by Gasteiger charge is -2.11. The molecule has 0 aromatic heterocycles. The van der Waals surface area contributed by atoms with Gasteiger partial charge in [0.1, 0.15) is 0 Å². The highest BCUT2D eigenvalue weighted by Crippen LogP contribution is 2.21. The van der Waals surface area contributed by atoms with E-state index in [0.29, 0.717) is 5.69 Å². The second-order valence-corrected chi connectivity index (χ2v) is 5.51. The number of anilines is 2. The van der Waals surface area contributed by atoms with Crippen molar-refractivity contribution in [2.45, 2.75) is 6.92 Å². The highest BCUT2D eigenvalue weighted by Gasteiger charge is 2.15. The van der Waals surface area contributed by atoms with Gasteiger partial charge in [0.2, 0.25) is 0 Å². The predicted octanol–water partition coefficient (Wildman–Crippen LogP) is 4.66. The number of benzene rings is 2. The first-order valence-electron chi connectivity index (χ1n) is 5.86. The van der Waals surface area contributed by atoms with Crippen LogP contribution in [0.3, 0.4) is 0 Å². The van der Waals surface area contributed by atoms with Crippen LogP contribution in [0.1, 0.15) is 5.56 Å². The summed E-state index contributed by atoms with van der Waals surface area (Å²) in [6.07, 6.45) is 0. The molecule has 2 rings (SSSR count). The third-order valence-electron chi connectivity index (χ3n) is 2.72. The van der Waals surface area contributed by atoms with Crippen molar-refractivity contribution in [3.63, 3.8) is 0 Å². The van der Waals surface area contributed by atoms with Crippen molar-refractivity contribution in [1.82, 2.24) is 0 Å². The summed E-state index contributed by atoms with van der Waals surface area (Å²) < 4.78 is 40.3. The van der Waals surface area contributed by atoms with Gasteiger partial charge in [-0.05, 0) is 65.4 Å². The Labute approximate surface area is 132 Å². The number of halogens is 4. The van der Waals surface area contributed by atoms with Crippen LogP contribution in [0.5, 0.6) is 0 Å². The average molecular weight is 406 g/mol. The Morgan fingerprint density at radius 3 is 2.29 bits per heavy atom. The molecule has 0 atom stereocenters. The molecule has 0 bridgehead atoms. The Kier molecular flexibility index (Phi) is 4.71. The first kappa shape index (κ1) is 15.6. The van der Waals surface area contributed by atoms with Gasteiger partial charge < -0.3 is 10.6 Å². The van der Waals surface area contributed by atoms with E-state index in [1.54, 1.807) is 19.1 Å². The van der Waals surface area contributed by atoms with Crippen LogP contribution in [0.25, 0.3) is 0 Å². The molecule has 0 radical (unpaired) electrons. The van der Waals surface area contributed by atoms with Gasteiger partial charge in [-0.2, -0.15) is 0 Å². The topological polar surface area (TPSA) is 41.1 Å². The molecule has 7 heteroatoms. The maximum atomic E-state index is 13.4. The standard InChI is InChI=1S/C14H10F3IN2O/c1-7-6-8(18)2-4-10(7)19-14(21)20-11-5-3-9(15)12(16)13(11)17/h2-6H,1H3,(H2,19,20,21). The molecular weight excluding hydrogens is 396 g/mol. The summed E-state index contributed by atoms with van der Waals surface area (Å²) in [5.41, 5.74) is 0.924. The molecule has 0 saturated heterocycles. The SMILES string of the molecule is Cc1cc(I)ccc1NC(=O)Nc1ccc(F)c(F)c1F. The Morgan fingerprint density at radius 1 is 1.00 bits per heavy atom. The second-order valence-electron chi connectivity index (χ2n) is 4.26. The van der Waals surface area contributed by atoms with Gasteiger partial charge in [0, 0.05) is 9.26 Å². The van der Waals surface area contributed by atoms with Crippen LogP contribution in [0.4, 0.5) is 29.3 Å². The van der Waals surface area contributed by atoms with Gasteiger partial charge in [0.25, 0.3) is 0 Å². The maximum Gasteiger partial charge on any atom is 0.323 e. The highest BCUT2D eigenvalue weighted by molar-refractivity contribution is 14.1. The quantitative estimate of drug-likeness (QED) is 0.553. The molecule has 0 unspecified atom stereocenters. The molecule has 2 N–H and O–H groups in total. The van der Waals surface area contributed by atoms with Crippen LogP contribution in [-0.4, -0.2) is 6.03 Å². The summed E-state index contributed by atoms with van der Waals surface area (Å²) in [4.78, 5) is 11.8. The zero-order valence-electron chi connectivity index (χ0n) is 10.8. The van der Waals surface area contributed by atoms with E-state index in [-0.39, 0.29) is 0 Å². The van der Waals surface area contributed by atoms with Crippen LogP contribution in [0, 0.1) is 27.9 Å². The van der Waals surface area contributed by atoms with E-state index in [1.807, 2.05) is 6.07 Å². The second kappa shape index (κ2) is 6.33. The summed E-state index contributed by atoms with van der Waals surface area (Å²) in [7, 11) is 0. The van der Waals surface area contributed by atoms with Crippen LogP contribution >= 0.6 is 22.6 Å². The largest absolute Gasteiger partial charge is 0.323 e. The highest BCUT2D eigenvalue weighted by atomic mass is 127. The van der Waals surface area contributed by atoms with Crippen LogP contribution in [0.2, 0.25) is 0 Å². The van der Waals surface area contributed by atoms with Crippen molar-refractivity contribution < 1.29 is 18.0 Å². The van der Waals surface area contributed by atoms with E-state index in [2.05, 4.69) is 33.2 Å². The lowest BCUT2D eigenvalue weighted by Crippen LogP contribution is -2.21. The van der Waals surface area contributed by atoms with Crippen molar-refractivity contribution in [1.29, 1.82) is 0 Å². The molecule has 0 aliphatic heterocycles. The maximum absolute atomic E-state index is 13.4. The van der Waals surface area contributed by atoms with Crippen molar-refractivity contribution in [2.24, 2.45) is 0 Å². The number of nitrogens with one attached hydrogen (secondary N) is 2. The van der Waals surface area contributed by atoms with Gasteiger partial charge in [-0.3, -0.25) is 0 Å². The number of amides is 2. The number of urea groups is 1. The fraction of sp³-hybridized carbons (Fsp3) is 0.0714. The van der Waals surface area contributed by atoms with E-state index in [9.17, 15) is 18.0 Å². The van der Waals surface area contributed by atoms with E-state index < -0.39 is 29.2 Å². The smallest absolute Gasteiger partial charge is 0.307 e. The Morgan fingerprint density at radius 2 is 1.62 bits per heavy atom. The number of aryl methyl sites for hydroxylation is 1. The predicted molar refractivity (Wildman–Crippen MR) is 82.9 cm³/mol. The number of rotatable bonds is 2. The van der Waals surface area contributed by atoms with Crippen molar-refractivity contribution in [3.05, 3.63) is 56.9 Å². The number of hydrogen-bond acceptors (Lipinski definition) is 1. The van der Waals surface area contributed by atoms with Crippen molar-refractivity contribution in [2.75, 3.05) is 10.6 Å². The molecule has 3 nitrogen and oxygen atoms in total. The monoisotopic (exact) mass is 406 g/mol. The number of hydrogen-bond donors (Lipinski definition) is 2. The van der Waals surface area contributed by atoms with Gasteiger partial charge in [-0.15, -0.1) is 0 Å². The molecule has 110 valence electrons. The molecule has 2 amide bonds. The van der Waals surface area contributed by atoms with Gasteiger partial charge in [-0.25, -0.2) is 18.0 Å². The van der Waals surface area contributed by atoms with Crippen molar-refractivity contribution in [3.8, 4) is 0 Å². The van der Waals surface area contributed by atoms with Gasteiger partial charge >= 0.3 is 6.03 Å².